The lowest BCUT2D eigenvalue weighted by Crippen LogP contribution is -2.45. The number of carboxylic acids is 2. The molecule has 56 heavy (non-hydrogen) atoms. The Bertz CT molecular complexity index is 1530. The number of aromatic nitrogens is 3. The van der Waals surface area contributed by atoms with E-state index in [-0.39, 0.29) is 97.1 Å². The van der Waals surface area contributed by atoms with E-state index < -0.39 is 18.5 Å². The topological polar surface area (TPSA) is 231 Å². The number of nitrogens with one attached hydrogen (secondary N) is 1. The van der Waals surface area contributed by atoms with Crippen LogP contribution in [0.15, 0.2) is 18.5 Å². The molecule has 1 atom stereocenters. The summed E-state index contributed by atoms with van der Waals surface area (Å²) in [5.41, 5.74) is 5.00. The lowest BCUT2D eigenvalue weighted by Gasteiger charge is -2.28. The number of unbranched alkanes of at least 4 members (excludes halogenated alkanes) is 3. The molecule has 0 saturated heterocycles. The molecule has 0 radical (unpaired) electrons. The zero-order valence-electron chi connectivity index (χ0n) is 32.1. The number of carbonyl (C=O) groups is 6. The molecule has 0 unspecified atom stereocenters. The average Bonchev–Trinajstić information content (AvgIpc) is 3.17. The molecule has 0 spiro atoms. The molecule has 3 rings (SSSR count). The van der Waals surface area contributed by atoms with E-state index in [1.807, 2.05) is 0 Å². The molecule has 2 aromatic rings. The molecule has 0 bridgehead atoms. The summed E-state index contributed by atoms with van der Waals surface area (Å²) in [5, 5.41) is 22.0. The predicted octanol–water partition coefficient (Wildman–Crippen LogP) is 1.81. The van der Waals surface area contributed by atoms with Crippen molar-refractivity contribution < 1.29 is 53.2 Å². The van der Waals surface area contributed by atoms with Crippen LogP contribution in [-0.2, 0) is 68.8 Å². The second kappa shape index (κ2) is 25.9. The van der Waals surface area contributed by atoms with Crippen LogP contribution in [0.4, 0.5) is 0 Å². The Labute approximate surface area is 326 Å². The summed E-state index contributed by atoms with van der Waals surface area (Å²) in [6.45, 7) is 2.74. The summed E-state index contributed by atoms with van der Waals surface area (Å²) in [7, 11) is 0. The number of amides is 1. The third-order valence-corrected chi connectivity index (χ3v) is 9.52. The molecular weight excluding hydrogens is 730 g/mol. The van der Waals surface area contributed by atoms with Crippen LogP contribution in [0, 0.1) is 6.92 Å². The van der Waals surface area contributed by atoms with Gasteiger partial charge in [-0.2, -0.15) is 0 Å². The Hall–Kier alpha value is -5.07. The molecule has 0 aromatic carbocycles. The zero-order valence-corrected chi connectivity index (χ0v) is 32.1. The minimum Gasteiger partial charge on any atom is -0.481 e. The number of hydrogen-bond donors (Lipinski definition) is 3. The number of aliphatic carboxylic acids is 2. The van der Waals surface area contributed by atoms with Crippen molar-refractivity contribution in [3.63, 3.8) is 0 Å². The summed E-state index contributed by atoms with van der Waals surface area (Å²) in [5.74, 6) is -1.82. The quantitative estimate of drug-likeness (QED) is 0.0428. The molecule has 3 N–H and O–H groups in total. The van der Waals surface area contributed by atoms with E-state index in [0.717, 1.165) is 86.7 Å². The minimum atomic E-state index is -1.11. The number of carbonyl (C=O) groups excluding carboxylic acids is 4. The summed E-state index contributed by atoms with van der Waals surface area (Å²) >= 11 is 0. The average molecular weight is 786 g/mol. The lowest BCUT2D eigenvalue weighted by molar-refractivity contribution is -0.143. The van der Waals surface area contributed by atoms with E-state index in [2.05, 4.69) is 21.4 Å². The Balaban J connectivity index is 1.56. The third-order valence-electron chi connectivity index (χ3n) is 9.52. The normalized spacial score (nSPS) is 12.9. The molecule has 18 heteroatoms. The SMILES string of the molecule is Cc1ncc([C@@H](CCCCCCc2nc3c(cc2CNC(=O)CN(CCN(CCN(COC=O)COC=O)COC=O)CC(=O)O)CCCC3)CC(=O)O)cn1. The number of rotatable bonds is 31. The van der Waals surface area contributed by atoms with Gasteiger partial charge in [0.2, 0.25) is 5.91 Å². The van der Waals surface area contributed by atoms with Gasteiger partial charge in [0.05, 0.1) is 19.5 Å². The van der Waals surface area contributed by atoms with Gasteiger partial charge in [0.25, 0.3) is 19.4 Å². The highest BCUT2D eigenvalue weighted by Crippen LogP contribution is 2.26. The molecule has 1 amide bonds. The predicted molar refractivity (Wildman–Crippen MR) is 200 cm³/mol. The molecule has 0 fully saturated rings. The Morgan fingerprint density at radius 2 is 1.41 bits per heavy atom. The van der Waals surface area contributed by atoms with E-state index >= 15 is 0 Å². The van der Waals surface area contributed by atoms with E-state index in [0.29, 0.717) is 5.82 Å². The molecule has 2 aromatic heterocycles. The fourth-order valence-corrected chi connectivity index (χ4v) is 6.58. The first-order valence-electron chi connectivity index (χ1n) is 18.9. The van der Waals surface area contributed by atoms with E-state index in [9.17, 15) is 39.0 Å². The van der Waals surface area contributed by atoms with Crippen LogP contribution in [-0.4, -0.2) is 137 Å². The highest BCUT2D eigenvalue weighted by Gasteiger charge is 2.20. The molecule has 308 valence electrons. The summed E-state index contributed by atoms with van der Waals surface area (Å²) < 4.78 is 14.4. The van der Waals surface area contributed by atoms with Crippen molar-refractivity contribution in [2.75, 3.05) is 59.5 Å². The molecule has 0 saturated carbocycles. The van der Waals surface area contributed by atoms with Crippen LogP contribution in [0.1, 0.15) is 91.2 Å². The van der Waals surface area contributed by atoms with Gasteiger partial charge in [-0.3, -0.25) is 43.6 Å². The van der Waals surface area contributed by atoms with E-state index in [1.54, 1.807) is 24.2 Å². The van der Waals surface area contributed by atoms with Gasteiger partial charge < -0.3 is 29.7 Å². The molecule has 0 aliphatic heterocycles. The second-order valence-corrected chi connectivity index (χ2v) is 13.8. The second-order valence-electron chi connectivity index (χ2n) is 13.8. The van der Waals surface area contributed by atoms with Crippen molar-refractivity contribution in [3.05, 3.63) is 52.4 Å². The van der Waals surface area contributed by atoms with Gasteiger partial charge in [0.15, 0.2) is 0 Å². The summed E-state index contributed by atoms with van der Waals surface area (Å²) in [4.78, 5) is 86.8. The van der Waals surface area contributed by atoms with Crippen molar-refractivity contribution in [1.29, 1.82) is 0 Å². The molecule has 1 aliphatic rings. The van der Waals surface area contributed by atoms with Gasteiger partial charge in [-0.05, 0) is 74.5 Å². The number of nitrogens with zero attached hydrogens (tertiary/aromatic N) is 6. The van der Waals surface area contributed by atoms with Gasteiger partial charge in [-0.1, -0.05) is 25.3 Å². The van der Waals surface area contributed by atoms with Crippen molar-refractivity contribution in [1.82, 2.24) is 35.0 Å². The maximum Gasteiger partial charge on any atom is 0.317 e. The number of hydrogen-bond acceptors (Lipinski definition) is 15. The summed E-state index contributed by atoms with van der Waals surface area (Å²) in [6, 6.07) is 2.14. The maximum atomic E-state index is 13.2. The number of carboxylic acid groups (broad SMARTS) is 2. The van der Waals surface area contributed by atoms with Gasteiger partial charge >= 0.3 is 11.9 Å². The Morgan fingerprint density at radius 1 is 0.804 bits per heavy atom. The first-order valence-corrected chi connectivity index (χ1v) is 18.9. The van der Waals surface area contributed by atoms with E-state index in [1.165, 1.54) is 15.4 Å². The fraction of sp³-hybridized carbons (Fsp3) is 0.605. The van der Waals surface area contributed by atoms with Crippen LogP contribution in [0.2, 0.25) is 0 Å². The maximum absolute atomic E-state index is 13.2. The van der Waals surface area contributed by atoms with Gasteiger partial charge in [0, 0.05) is 56.5 Å². The third kappa shape index (κ3) is 17.6. The van der Waals surface area contributed by atoms with Crippen LogP contribution in [0.3, 0.4) is 0 Å². The number of fused-ring (bicyclic) bond motifs is 1. The molecular formula is C38H55N7O11. The number of pyridine rings is 1. The number of aryl methyl sites for hydroxylation is 4. The monoisotopic (exact) mass is 785 g/mol. The van der Waals surface area contributed by atoms with Gasteiger partial charge in [-0.25, -0.2) is 14.9 Å². The largest absolute Gasteiger partial charge is 0.481 e. The van der Waals surface area contributed by atoms with Crippen LogP contribution in [0.5, 0.6) is 0 Å². The fourth-order valence-electron chi connectivity index (χ4n) is 6.58. The summed E-state index contributed by atoms with van der Waals surface area (Å²) in [6.07, 6.45) is 12.5. The van der Waals surface area contributed by atoms with Crippen molar-refractivity contribution in [2.24, 2.45) is 0 Å². The van der Waals surface area contributed by atoms with Crippen molar-refractivity contribution in [2.45, 2.75) is 90.0 Å². The lowest BCUT2D eigenvalue weighted by atomic mass is 9.91. The highest BCUT2D eigenvalue weighted by atomic mass is 16.6. The van der Waals surface area contributed by atoms with Crippen LogP contribution >= 0.6 is 0 Å². The van der Waals surface area contributed by atoms with Crippen molar-refractivity contribution in [3.8, 4) is 0 Å². The van der Waals surface area contributed by atoms with E-state index in [4.69, 9.17) is 19.2 Å². The molecule has 18 nitrogen and oxygen atoms in total. The first kappa shape index (κ1) is 45.3. The van der Waals surface area contributed by atoms with Gasteiger partial charge in [-0.15, -0.1) is 0 Å². The molecule has 1 aliphatic carbocycles. The smallest absolute Gasteiger partial charge is 0.317 e. The Morgan fingerprint density at radius 3 is 2.05 bits per heavy atom. The number of ether oxygens (including phenoxy) is 3. The van der Waals surface area contributed by atoms with Crippen LogP contribution < -0.4 is 5.32 Å². The Kier molecular flexibility index (Phi) is 21.0. The first-order chi connectivity index (χ1) is 27.1. The molecule has 2 heterocycles. The van der Waals surface area contributed by atoms with Gasteiger partial charge in [0.1, 0.15) is 26.0 Å². The highest BCUT2D eigenvalue weighted by molar-refractivity contribution is 5.79. The minimum absolute atomic E-state index is 0.0309. The standard InChI is InChI=1S/C38H55N7O11/c1-29-39-19-33(20-40-29)30(17-37(50)51)8-4-2-3-5-10-35-32(16-31-9-6-7-11-34(31)42-35)18-41-36(49)21-44(22-38(52)53)14-12-43(23-54-26-46)13-15-45(24-55-27-47)25-56-28-48/h16,19-20,26-28,30H,2-15,17-18,21-25H2,1H3,(H,41,49)(H,50,51)(H,52,53)/t30-/m0/s1. The van der Waals surface area contributed by atoms with Crippen LogP contribution in [0.25, 0.3) is 0 Å². The zero-order chi connectivity index (χ0) is 40.5. The van der Waals surface area contributed by atoms with Crippen molar-refractivity contribution >= 4 is 37.3 Å².